The Morgan fingerprint density at radius 3 is 0.986 bits per heavy atom. The molecule has 0 saturated carbocycles. The summed E-state index contributed by atoms with van der Waals surface area (Å²) in [7, 11) is 0. The third-order valence-electron chi connectivity index (χ3n) is 13.3. The average molecular weight is 936 g/mol. The highest BCUT2D eigenvalue weighted by molar-refractivity contribution is 5.89. The lowest BCUT2D eigenvalue weighted by atomic mass is 9.97. The molecule has 3 heteroatoms. The third-order valence-corrected chi connectivity index (χ3v) is 13.3. The number of anilines is 7. The van der Waals surface area contributed by atoms with E-state index >= 15 is 0 Å². The molecule has 0 aliphatic carbocycles. The molecule has 73 heavy (non-hydrogen) atoms. The molecule has 1 aliphatic rings. The summed E-state index contributed by atoms with van der Waals surface area (Å²) in [6.07, 6.45) is 12.9. The van der Waals surface area contributed by atoms with Crippen LogP contribution in [0.5, 0.6) is 0 Å². The Balaban J connectivity index is 0.938. The highest BCUT2D eigenvalue weighted by atomic mass is 15.1. The summed E-state index contributed by atoms with van der Waals surface area (Å²) in [6, 6.07) is 92.4. The van der Waals surface area contributed by atoms with Gasteiger partial charge in [0.15, 0.2) is 0 Å². The number of para-hydroxylation sites is 2. The summed E-state index contributed by atoms with van der Waals surface area (Å²) in [6.45, 7) is 9.18. The van der Waals surface area contributed by atoms with E-state index < -0.39 is 0 Å². The van der Waals surface area contributed by atoms with Crippen LogP contribution in [-0.2, 0) is 0 Å². The highest BCUT2D eigenvalue weighted by Gasteiger charge is 2.16. The van der Waals surface area contributed by atoms with Gasteiger partial charge < -0.3 is 14.7 Å². The molecule has 11 rings (SSSR count). The van der Waals surface area contributed by atoms with Crippen LogP contribution in [0.3, 0.4) is 0 Å². The van der Waals surface area contributed by atoms with Gasteiger partial charge in [0.2, 0.25) is 0 Å². The Labute approximate surface area is 429 Å². The zero-order valence-electron chi connectivity index (χ0n) is 40.5. The first kappa shape index (κ1) is 45.7. The molecule has 0 radical (unpaired) electrons. The van der Waals surface area contributed by atoms with Crippen LogP contribution in [-0.4, -0.2) is 0 Å². The van der Waals surface area contributed by atoms with Gasteiger partial charge in [-0.15, -0.1) is 0 Å². The molecular weight excluding hydrogens is 883 g/mol. The fourth-order valence-electron chi connectivity index (χ4n) is 9.42. The molecule has 0 unspecified atom stereocenters. The smallest absolute Gasteiger partial charge is 0.0462 e. The van der Waals surface area contributed by atoms with E-state index in [1.165, 1.54) is 33.0 Å². The number of hydrogen-bond donors (Lipinski definition) is 0. The van der Waals surface area contributed by atoms with E-state index in [0.717, 1.165) is 73.2 Å². The molecule has 0 bridgehead atoms. The van der Waals surface area contributed by atoms with Gasteiger partial charge in [-0.05, 0) is 176 Å². The summed E-state index contributed by atoms with van der Waals surface area (Å²) in [5, 5.41) is 2.37. The van der Waals surface area contributed by atoms with E-state index in [1.54, 1.807) is 0 Å². The molecule has 0 atom stereocenters. The normalized spacial score (nSPS) is 15.0. The second-order valence-corrected chi connectivity index (χ2v) is 18.1. The van der Waals surface area contributed by atoms with Crippen molar-refractivity contribution in [1.29, 1.82) is 0 Å². The maximum Gasteiger partial charge on any atom is 0.0462 e. The molecule has 0 spiro atoms. The van der Waals surface area contributed by atoms with Gasteiger partial charge in [-0.2, -0.15) is 0 Å². The second kappa shape index (κ2) is 21.1. The van der Waals surface area contributed by atoms with Crippen molar-refractivity contribution in [3.63, 3.8) is 0 Å². The topological polar surface area (TPSA) is 9.72 Å². The molecular formula is C70H53N3. The van der Waals surface area contributed by atoms with Crippen molar-refractivity contribution in [2.75, 3.05) is 14.7 Å². The fourth-order valence-corrected chi connectivity index (χ4v) is 9.42. The minimum atomic E-state index is 0.823. The maximum absolute atomic E-state index is 4.59. The van der Waals surface area contributed by atoms with Gasteiger partial charge >= 0.3 is 0 Å². The van der Waals surface area contributed by atoms with Crippen LogP contribution in [0.1, 0.15) is 11.1 Å². The number of hydrogen-bond acceptors (Lipinski definition) is 3. The third kappa shape index (κ3) is 10.3. The SMILES string of the molecule is C=C1/C=C(c2ccc(N(c3ccccc3)c3ccc(-c4ccccc4)cc3)cc2)\C=C/N(c2ccc3ccccc3c2)/C=C\C(c2ccc(N(c3ccccc3)c3ccc(-c4ccccc4)cc3)cc2)=C/C1=C. The van der Waals surface area contributed by atoms with Crippen LogP contribution in [0.25, 0.3) is 44.2 Å². The van der Waals surface area contributed by atoms with Crippen molar-refractivity contribution in [2.24, 2.45) is 0 Å². The summed E-state index contributed by atoms with van der Waals surface area (Å²) < 4.78 is 0. The Hall–Kier alpha value is -9.70. The minimum Gasteiger partial charge on any atom is -0.324 e. The molecule has 1 heterocycles. The van der Waals surface area contributed by atoms with E-state index in [0.29, 0.717) is 0 Å². The van der Waals surface area contributed by atoms with Crippen LogP contribution < -0.4 is 14.7 Å². The fraction of sp³-hybridized carbons (Fsp3) is 0. The Morgan fingerprint density at radius 1 is 0.274 bits per heavy atom. The molecule has 10 aromatic rings. The first-order valence-corrected chi connectivity index (χ1v) is 24.7. The lowest BCUT2D eigenvalue weighted by molar-refractivity contribution is 1.28. The van der Waals surface area contributed by atoms with Gasteiger partial charge in [-0.1, -0.05) is 189 Å². The molecule has 0 amide bonds. The summed E-state index contributed by atoms with van der Waals surface area (Å²) in [5.41, 5.74) is 18.0. The van der Waals surface area contributed by atoms with Gasteiger partial charge in [0.1, 0.15) is 0 Å². The lowest BCUT2D eigenvalue weighted by Crippen LogP contribution is -2.10. The van der Waals surface area contributed by atoms with Crippen molar-refractivity contribution in [3.05, 3.63) is 333 Å². The number of allylic oxidation sites excluding steroid dienone is 8. The molecule has 0 fully saturated rings. The predicted molar refractivity (Wildman–Crippen MR) is 312 cm³/mol. The van der Waals surface area contributed by atoms with E-state index in [1.807, 2.05) is 0 Å². The quantitative estimate of drug-likeness (QED) is 0.128. The number of rotatable bonds is 11. The molecule has 1 aliphatic heterocycles. The summed E-state index contributed by atoms with van der Waals surface area (Å²) in [5.74, 6) is 0. The highest BCUT2D eigenvalue weighted by Crippen LogP contribution is 2.39. The lowest BCUT2D eigenvalue weighted by Gasteiger charge is -2.26. The van der Waals surface area contributed by atoms with Gasteiger partial charge in [-0.25, -0.2) is 0 Å². The van der Waals surface area contributed by atoms with Crippen molar-refractivity contribution in [3.8, 4) is 22.3 Å². The Bertz CT molecular complexity index is 3440. The maximum atomic E-state index is 4.59. The Kier molecular flexibility index (Phi) is 13.2. The predicted octanol–water partition coefficient (Wildman–Crippen LogP) is 19.2. The largest absolute Gasteiger partial charge is 0.324 e. The van der Waals surface area contributed by atoms with E-state index in [9.17, 15) is 0 Å². The standard InChI is InChI=1S/C70H53N3/c1-52-49-62(59-31-40-68(41-32-59)72(64-23-11-5-12-24-64)66-36-27-57(28-37-66)54-17-7-3-8-18-54)45-47-71(70-44-35-56-21-15-16-22-61(56)51-70)48-46-63(50-53(52)2)60-33-42-69(43-34-60)73(65-25-13-6-14-26-65)67-38-29-58(30-39-67)55-19-9-4-10-20-55/h3-51H,1-2H2/b47-45-,48-46-,62-49+,63-50+. The van der Waals surface area contributed by atoms with Crippen LogP contribution in [0.15, 0.2) is 322 Å². The van der Waals surface area contributed by atoms with Crippen LogP contribution in [0.4, 0.5) is 39.8 Å². The van der Waals surface area contributed by atoms with Crippen molar-refractivity contribution in [2.45, 2.75) is 0 Å². The van der Waals surface area contributed by atoms with Gasteiger partial charge in [0, 0.05) is 52.2 Å². The molecule has 10 aromatic carbocycles. The van der Waals surface area contributed by atoms with Crippen LogP contribution in [0, 0.1) is 0 Å². The molecule has 3 nitrogen and oxygen atoms in total. The molecule has 348 valence electrons. The summed E-state index contributed by atoms with van der Waals surface area (Å²) >= 11 is 0. The average Bonchev–Trinajstić information content (AvgIpc) is 3.48. The van der Waals surface area contributed by atoms with Crippen molar-refractivity contribution >= 4 is 61.7 Å². The number of benzene rings is 10. The van der Waals surface area contributed by atoms with Crippen molar-refractivity contribution in [1.82, 2.24) is 0 Å². The molecule has 0 aromatic heterocycles. The first-order valence-electron chi connectivity index (χ1n) is 24.7. The monoisotopic (exact) mass is 935 g/mol. The van der Waals surface area contributed by atoms with Crippen LogP contribution >= 0.6 is 0 Å². The van der Waals surface area contributed by atoms with E-state index in [4.69, 9.17) is 0 Å². The minimum absolute atomic E-state index is 0.823. The number of fused-ring (bicyclic) bond motifs is 1. The number of nitrogens with zero attached hydrogens (tertiary/aromatic N) is 3. The van der Waals surface area contributed by atoms with E-state index in [2.05, 4.69) is 325 Å². The Morgan fingerprint density at radius 2 is 0.589 bits per heavy atom. The van der Waals surface area contributed by atoms with Gasteiger partial charge in [0.05, 0.1) is 0 Å². The zero-order chi connectivity index (χ0) is 49.3. The first-order chi connectivity index (χ1) is 36.0. The zero-order valence-corrected chi connectivity index (χ0v) is 40.5. The van der Waals surface area contributed by atoms with Crippen molar-refractivity contribution < 1.29 is 0 Å². The molecule has 0 N–H and O–H groups in total. The van der Waals surface area contributed by atoms with Gasteiger partial charge in [0.25, 0.3) is 0 Å². The van der Waals surface area contributed by atoms with Crippen LogP contribution in [0.2, 0.25) is 0 Å². The molecule has 0 saturated heterocycles. The summed E-state index contributed by atoms with van der Waals surface area (Å²) in [4.78, 5) is 6.80. The van der Waals surface area contributed by atoms with Gasteiger partial charge in [-0.3, -0.25) is 0 Å². The van der Waals surface area contributed by atoms with E-state index in [-0.39, 0.29) is 0 Å². The second-order valence-electron chi connectivity index (χ2n) is 18.1.